The molecule has 1 aromatic heterocycles. The molecule has 0 saturated heterocycles. The van der Waals surface area contributed by atoms with Gasteiger partial charge in [-0.05, 0) is 41.8 Å². The van der Waals surface area contributed by atoms with E-state index in [4.69, 9.17) is 4.98 Å². The number of benzene rings is 2. The summed E-state index contributed by atoms with van der Waals surface area (Å²) in [4.78, 5) is 11.8. The Hall–Kier alpha value is -2.96. The van der Waals surface area contributed by atoms with Gasteiger partial charge in [0, 0.05) is 44.5 Å². The molecular weight excluding hydrogens is 438 g/mol. The van der Waals surface area contributed by atoms with Gasteiger partial charge in [-0.15, -0.1) is 0 Å². The van der Waals surface area contributed by atoms with Crippen LogP contribution in [-0.2, 0) is 6.54 Å². The van der Waals surface area contributed by atoms with Gasteiger partial charge in [0.2, 0.25) is 0 Å². The zero-order valence-corrected chi connectivity index (χ0v) is 21.4. The normalized spacial score (nSPS) is 21.7. The van der Waals surface area contributed by atoms with Crippen LogP contribution in [0.5, 0.6) is 0 Å². The third-order valence-electron chi connectivity index (χ3n) is 6.71. The summed E-state index contributed by atoms with van der Waals surface area (Å²) < 4.78 is 0. The molecule has 176 valence electrons. The van der Waals surface area contributed by atoms with E-state index in [0.717, 1.165) is 18.8 Å². The molecular formula is C28H33N5S. The molecule has 2 aromatic carbocycles. The first-order chi connectivity index (χ1) is 16.6. The van der Waals surface area contributed by atoms with Crippen LogP contribution < -0.4 is 5.32 Å². The summed E-state index contributed by atoms with van der Waals surface area (Å²) in [5.74, 6) is 0. The highest BCUT2D eigenvalue weighted by Crippen LogP contribution is 2.49. The highest BCUT2D eigenvalue weighted by atomic mass is 32.2. The zero-order chi connectivity index (χ0) is 23.8. The quantitative estimate of drug-likeness (QED) is 0.482. The van der Waals surface area contributed by atoms with Crippen molar-refractivity contribution in [3.63, 3.8) is 0 Å². The lowest BCUT2D eigenvalue weighted by molar-refractivity contribution is 0.250. The lowest BCUT2D eigenvalue weighted by Crippen LogP contribution is -2.34. The number of pyridine rings is 1. The average Bonchev–Trinajstić information content (AvgIpc) is 3.22. The van der Waals surface area contributed by atoms with E-state index in [1.807, 2.05) is 31.8 Å². The standard InChI is InChI=1S/C26H27N5S.C2H6/c1-29-14-6-9-22-26(29)32-25(31(22)3)21-15-18(12-13-27-21)24-28-23-19(16-30(24)2)11-10-17-7-4-5-8-20(17)23;1-2/h4-13,15,24-25,28H,14,16H2,1-3H3;1-2H3. The summed E-state index contributed by atoms with van der Waals surface area (Å²) in [6.45, 7) is 5.88. The fourth-order valence-corrected chi connectivity index (χ4v) is 6.32. The van der Waals surface area contributed by atoms with E-state index in [1.54, 1.807) is 0 Å². The first kappa shape index (κ1) is 22.8. The number of thioether (sulfide) groups is 1. The number of rotatable bonds is 2. The third-order valence-corrected chi connectivity index (χ3v) is 8.23. The van der Waals surface area contributed by atoms with Gasteiger partial charge < -0.3 is 15.1 Å². The summed E-state index contributed by atoms with van der Waals surface area (Å²) in [5, 5.41) is 7.92. The fraction of sp³-hybridized carbons (Fsp3) is 0.321. The van der Waals surface area contributed by atoms with Gasteiger partial charge in [-0.2, -0.15) is 0 Å². The molecule has 0 spiro atoms. The molecule has 0 fully saturated rings. The van der Waals surface area contributed by atoms with Crippen molar-refractivity contribution >= 4 is 28.2 Å². The maximum atomic E-state index is 4.79. The number of anilines is 1. The second kappa shape index (κ2) is 9.35. The highest BCUT2D eigenvalue weighted by molar-refractivity contribution is 8.03. The first-order valence-electron chi connectivity index (χ1n) is 12.0. The van der Waals surface area contributed by atoms with Gasteiger partial charge in [0.25, 0.3) is 0 Å². The number of allylic oxidation sites excluding steroid dienone is 1. The second-order valence-electron chi connectivity index (χ2n) is 8.85. The first-order valence-corrected chi connectivity index (χ1v) is 12.9. The minimum Gasteiger partial charge on any atom is -0.365 e. The number of hydrogen-bond acceptors (Lipinski definition) is 6. The van der Waals surface area contributed by atoms with Crippen LogP contribution in [0.3, 0.4) is 0 Å². The van der Waals surface area contributed by atoms with Crippen molar-refractivity contribution in [1.29, 1.82) is 0 Å². The Morgan fingerprint density at radius 3 is 2.68 bits per heavy atom. The van der Waals surface area contributed by atoms with Crippen LogP contribution in [0.4, 0.5) is 5.69 Å². The topological polar surface area (TPSA) is 34.6 Å². The molecule has 3 aromatic rings. The van der Waals surface area contributed by atoms with Crippen LogP contribution in [-0.4, -0.2) is 47.4 Å². The van der Waals surface area contributed by atoms with Crippen LogP contribution in [0.25, 0.3) is 10.8 Å². The predicted molar refractivity (Wildman–Crippen MR) is 144 cm³/mol. The van der Waals surface area contributed by atoms with Gasteiger partial charge in [-0.3, -0.25) is 9.88 Å². The summed E-state index contributed by atoms with van der Waals surface area (Å²) in [5.41, 5.74) is 6.23. The van der Waals surface area contributed by atoms with Crippen LogP contribution in [0.15, 0.2) is 77.6 Å². The van der Waals surface area contributed by atoms with E-state index in [9.17, 15) is 0 Å². The number of nitrogens with one attached hydrogen (secondary N) is 1. The van der Waals surface area contributed by atoms with Gasteiger partial charge in [-0.25, -0.2) is 0 Å². The molecule has 0 radical (unpaired) electrons. The number of nitrogens with zero attached hydrogens (tertiary/aromatic N) is 4. The van der Waals surface area contributed by atoms with Crippen molar-refractivity contribution in [1.82, 2.24) is 19.7 Å². The molecule has 6 heteroatoms. The summed E-state index contributed by atoms with van der Waals surface area (Å²) >= 11 is 1.89. The molecule has 3 aliphatic heterocycles. The minimum atomic E-state index is 0.108. The van der Waals surface area contributed by atoms with E-state index in [2.05, 4.69) is 102 Å². The molecule has 0 bridgehead atoms. The van der Waals surface area contributed by atoms with Crippen LogP contribution in [0, 0.1) is 0 Å². The van der Waals surface area contributed by atoms with Crippen LogP contribution >= 0.6 is 11.8 Å². The van der Waals surface area contributed by atoms with Crippen molar-refractivity contribution in [3.8, 4) is 0 Å². The Balaban J connectivity index is 0.00000117. The molecule has 34 heavy (non-hydrogen) atoms. The molecule has 4 heterocycles. The molecule has 2 atom stereocenters. The van der Waals surface area contributed by atoms with Crippen molar-refractivity contribution in [2.45, 2.75) is 31.9 Å². The zero-order valence-electron chi connectivity index (χ0n) is 20.6. The van der Waals surface area contributed by atoms with Crippen LogP contribution in [0.2, 0.25) is 0 Å². The minimum absolute atomic E-state index is 0.108. The molecule has 3 aliphatic rings. The Labute approximate surface area is 207 Å². The van der Waals surface area contributed by atoms with E-state index in [0.29, 0.717) is 0 Å². The van der Waals surface area contributed by atoms with Crippen molar-refractivity contribution < 1.29 is 0 Å². The highest BCUT2D eigenvalue weighted by Gasteiger charge is 2.34. The van der Waals surface area contributed by atoms with Gasteiger partial charge in [0.1, 0.15) is 11.5 Å². The lowest BCUT2D eigenvalue weighted by Gasteiger charge is -2.37. The van der Waals surface area contributed by atoms with Gasteiger partial charge in [0.05, 0.1) is 16.4 Å². The third kappa shape index (κ3) is 3.85. The monoisotopic (exact) mass is 471 g/mol. The summed E-state index contributed by atoms with van der Waals surface area (Å²) in [6, 6.07) is 17.5. The molecule has 1 N–H and O–H groups in total. The molecule has 5 nitrogen and oxygen atoms in total. The predicted octanol–water partition coefficient (Wildman–Crippen LogP) is 6.17. The number of hydrogen-bond donors (Lipinski definition) is 1. The summed E-state index contributed by atoms with van der Waals surface area (Å²) in [6.07, 6.45) is 6.54. The van der Waals surface area contributed by atoms with Gasteiger partial charge >= 0.3 is 0 Å². The van der Waals surface area contributed by atoms with E-state index in [1.165, 1.54) is 38.3 Å². The van der Waals surface area contributed by atoms with E-state index in [-0.39, 0.29) is 11.5 Å². The molecule has 2 unspecified atom stereocenters. The summed E-state index contributed by atoms with van der Waals surface area (Å²) in [7, 11) is 6.52. The SMILES string of the molecule is CC.CN1CC=CC2=C1SC(c1cc(C3Nc4c(ccc5ccccc45)CN3C)ccn1)N2C. The van der Waals surface area contributed by atoms with Gasteiger partial charge in [0.15, 0.2) is 0 Å². The molecule has 6 rings (SSSR count). The average molecular weight is 472 g/mol. The maximum absolute atomic E-state index is 4.79. The molecule has 0 aliphatic carbocycles. The van der Waals surface area contributed by atoms with E-state index >= 15 is 0 Å². The smallest absolute Gasteiger partial charge is 0.124 e. The van der Waals surface area contributed by atoms with Crippen molar-refractivity contribution in [3.05, 3.63) is 94.4 Å². The molecule has 0 saturated carbocycles. The Morgan fingerprint density at radius 2 is 1.85 bits per heavy atom. The number of aromatic nitrogens is 1. The fourth-order valence-electron chi connectivity index (χ4n) is 5.00. The van der Waals surface area contributed by atoms with Crippen LogP contribution in [0.1, 0.15) is 42.2 Å². The number of likely N-dealkylation sites (N-methyl/N-ethyl adjacent to an activating group) is 2. The largest absolute Gasteiger partial charge is 0.365 e. The second-order valence-corrected chi connectivity index (χ2v) is 9.92. The maximum Gasteiger partial charge on any atom is 0.124 e. The lowest BCUT2D eigenvalue weighted by atomic mass is 9.99. The van der Waals surface area contributed by atoms with Crippen molar-refractivity contribution in [2.75, 3.05) is 33.0 Å². The molecule has 0 amide bonds. The Kier molecular flexibility index (Phi) is 6.28. The van der Waals surface area contributed by atoms with Crippen molar-refractivity contribution in [2.24, 2.45) is 0 Å². The Bertz CT molecular complexity index is 1270. The Morgan fingerprint density at radius 1 is 1.03 bits per heavy atom. The van der Waals surface area contributed by atoms with Gasteiger partial charge in [-0.1, -0.05) is 68.1 Å². The number of fused-ring (bicyclic) bond motifs is 3. The van der Waals surface area contributed by atoms with E-state index < -0.39 is 0 Å².